The lowest BCUT2D eigenvalue weighted by molar-refractivity contribution is -0.115. The van der Waals surface area contributed by atoms with E-state index in [4.69, 9.17) is 5.14 Å². The first-order chi connectivity index (χ1) is 8.99. The lowest BCUT2D eigenvalue weighted by Gasteiger charge is -2.20. The van der Waals surface area contributed by atoms with Crippen molar-refractivity contribution in [3.63, 3.8) is 0 Å². The number of hydrogen-bond donors (Lipinski definition) is 3. The van der Waals surface area contributed by atoms with E-state index in [9.17, 15) is 13.2 Å². The Labute approximate surface area is 127 Å². The van der Waals surface area contributed by atoms with Crippen molar-refractivity contribution in [2.45, 2.75) is 31.2 Å². The SMILES string of the molecule is CC(C)(C)NCC(=O)Nc1ccc(S(N)(=O)=O)cc1Br. The summed E-state index contributed by atoms with van der Waals surface area (Å²) < 4.78 is 22.8. The summed E-state index contributed by atoms with van der Waals surface area (Å²) in [5.41, 5.74) is 0.324. The van der Waals surface area contributed by atoms with Gasteiger partial charge in [-0.25, -0.2) is 13.6 Å². The molecule has 0 spiro atoms. The molecule has 0 fully saturated rings. The van der Waals surface area contributed by atoms with E-state index < -0.39 is 10.0 Å². The smallest absolute Gasteiger partial charge is 0.238 e. The van der Waals surface area contributed by atoms with E-state index in [0.717, 1.165) is 0 Å². The molecule has 1 amide bonds. The van der Waals surface area contributed by atoms with E-state index in [-0.39, 0.29) is 22.9 Å². The molecule has 0 heterocycles. The Hall–Kier alpha value is -0.960. The van der Waals surface area contributed by atoms with Crippen LogP contribution in [0.2, 0.25) is 0 Å². The average molecular weight is 364 g/mol. The van der Waals surface area contributed by atoms with Crippen LogP contribution in [0.25, 0.3) is 0 Å². The summed E-state index contributed by atoms with van der Waals surface area (Å²) in [6.07, 6.45) is 0. The van der Waals surface area contributed by atoms with Crippen molar-refractivity contribution in [3.8, 4) is 0 Å². The molecule has 0 aliphatic rings. The third-order valence-corrected chi connectivity index (χ3v) is 3.89. The van der Waals surface area contributed by atoms with Crippen LogP contribution in [-0.4, -0.2) is 26.4 Å². The second-order valence-corrected chi connectivity index (χ2v) is 7.75. The molecule has 0 aromatic heterocycles. The van der Waals surface area contributed by atoms with Gasteiger partial charge in [-0.05, 0) is 54.9 Å². The van der Waals surface area contributed by atoms with Crippen molar-refractivity contribution in [2.75, 3.05) is 11.9 Å². The highest BCUT2D eigenvalue weighted by Gasteiger charge is 2.14. The second kappa shape index (κ2) is 6.21. The number of carbonyl (C=O) groups excluding carboxylic acids is 1. The lowest BCUT2D eigenvalue weighted by Crippen LogP contribution is -2.41. The fourth-order valence-electron chi connectivity index (χ4n) is 1.31. The Kier molecular flexibility index (Phi) is 5.31. The number of anilines is 1. The molecule has 20 heavy (non-hydrogen) atoms. The molecule has 6 nitrogen and oxygen atoms in total. The molecule has 0 bridgehead atoms. The van der Waals surface area contributed by atoms with Gasteiger partial charge in [0.05, 0.1) is 17.1 Å². The molecule has 4 N–H and O–H groups in total. The second-order valence-electron chi connectivity index (χ2n) is 5.34. The topological polar surface area (TPSA) is 101 Å². The molecule has 0 atom stereocenters. The summed E-state index contributed by atoms with van der Waals surface area (Å²) in [5.74, 6) is -0.219. The van der Waals surface area contributed by atoms with E-state index in [1.165, 1.54) is 18.2 Å². The lowest BCUT2D eigenvalue weighted by atomic mass is 10.1. The highest BCUT2D eigenvalue weighted by atomic mass is 79.9. The molecule has 0 saturated carbocycles. The van der Waals surface area contributed by atoms with Crippen molar-refractivity contribution < 1.29 is 13.2 Å². The number of benzene rings is 1. The summed E-state index contributed by atoms with van der Waals surface area (Å²) >= 11 is 3.20. The number of hydrogen-bond acceptors (Lipinski definition) is 4. The normalized spacial score (nSPS) is 12.2. The Morgan fingerprint density at radius 1 is 1.35 bits per heavy atom. The zero-order chi connectivity index (χ0) is 15.6. The minimum atomic E-state index is -3.76. The van der Waals surface area contributed by atoms with Gasteiger partial charge in [0.2, 0.25) is 15.9 Å². The number of carbonyl (C=O) groups is 1. The zero-order valence-electron chi connectivity index (χ0n) is 11.5. The van der Waals surface area contributed by atoms with E-state index in [1.54, 1.807) is 0 Å². The van der Waals surface area contributed by atoms with E-state index >= 15 is 0 Å². The Balaban J connectivity index is 2.77. The quantitative estimate of drug-likeness (QED) is 0.752. The molecule has 0 unspecified atom stereocenters. The highest BCUT2D eigenvalue weighted by Crippen LogP contribution is 2.25. The molecule has 8 heteroatoms. The van der Waals surface area contributed by atoms with Gasteiger partial charge in [0, 0.05) is 10.0 Å². The molecule has 112 valence electrons. The molecule has 0 aliphatic carbocycles. The number of nitrogens with one attached hydrogen (secondary N) is 2. The van der Waals surface area contributed by atoms with Crippen molar-refractivity contribution in [2.24, 2.45) is 5.14 Å². The van der Waals surface area contributed by atoms with Crippen LogP contribution in [0.4, 0.5) is 5.69 Å². The minimum Gasteiger partial charge on any atom is -0.324 e. The first-order valence-corrected chi connectivity index (χ1v) is 8.20. The van der Waals surface area contributed by atoms with Crippen molar-refractivity contribution >= 4 is 37.5 Å². The van der Waals surface area contributed by atoms with Crippen LogP contribution >= 0.6 is 15.9 Å². The number of nitrogens with two attached hydrogens (primary N) is 1. The van der Waals surface area contributed by atoms with Crippen LogP contribution in [0, 0.1) is 0 Å². The van der Waals surface area contributed by atoms with Gasteiger partial charge < -0.3 is 10.6 Å². The summed E-state index contributed by atoms with van der Waals surface area (Å²) in [6.45, 7) is 6.03. The fraction of sp³-hybridized carbons (Fsp3) is 0.417. The van der Waals surface area contributed by atoms with Crippen molar-refractivity contribution in [3.05, 3.63) is 22.7 Å². The summed E-state index contributed by atoms with van der Waals surface area (Å²) in [4.78, 5) is 11.7. The van der Waals surface area contributed by atoms with Crippen LogP contribution in [0.15, 0.2) is 27.6 Å². The number of amides is 1. The van der Waals surface area contributed by atoms with Gasteiger partial charge in [-0.15, -0.1) is 0 Å². The summed E-state index contributed by atoms with van der Waals surface area (Å²) in [7, 11) is -3.76. The van der Waals surface area contributed by atoms with Crippen LogP contribution in [0.1, 0.15) is 20.8 Å². The molecule has 1 aromatic carbocycles. The Bertz CT molecular complexity index is 609. The molecule has 1 aromatic rings. The molecular formula is C12H18BrN3O3S. The Morgan fingerprint density at radius 2 is 1.95 bits per heavy atom. The predicted octanol–water partition coefficient (Wildman–Crippen LogP) is 1.42. The molecule has 0 saturated heterocycles. The van der Waals surface area contributed by atoms with Crippen LogP contribution < -0.4 is 15.8 Å². The average Bonchev–Trinajstić information content (AvgIpc) is 2.27. The van der Waals surface area contributed by atoms with Gasteiger partial charge in [-0.3, -0.25) is 4.79 Å². The first-order valence-electron chi connectivity index (χ1n) is 5.86. The number of halogens is 1. The van der Waals surface area contributed by atoms with Gasteiger partial charge in [0.15, 0.2) is 0 Å². The zero-order valence-corrected chi connectivity index (χ0v) is 13.9. The largest absolute Gasteiger partial charge is 0.324 e. The maximum Gasteiger partial charge on any atom is 0.238 e. The van der Waals surface area contributed by atoms with Gasteiger partial charge >= 0.3 is 0 Å². The van der Waals surface area contributed by atoms with E-state index in [2.05, 4.69) is 26.6 Å². The van der Waals surface area contributed by atoms with Gasteiger partial charge in [0.25, 0.3) is 0 Å². The van der Waals surface area contributed by atoms with Crippen molar-refractivity contribution in [1.82, 2.24) is 5.32 Å². The maximum atomic E-state index is 11.8. The summed E-state index contributed by atoms with van der Waals surface area (Å²) in [6, 6.07) is 4.17. The molecular weight excluding hydrogens is 346 g/mol. The third kappa shape index (κ3) is 5.58. The third-order valence-electron chi connectivity index (χ3n) is 2.32. The fourth-order valence-corrected chi connectivity index (χ4v) is 2.48. The number of primary sulfonamides is 1. The number of rotatable bonds is 4. The standard InChI is InChI=1S/C12H18BrN3O3S/c1-12(2,3)15-7-11(17)16-10-5-4-8(6-9(10)13)20(14,18)19/h4-6,15H,7H2,1-3H3,(H,16,17)(H2,14,18,19). The highest BCUT2D eigenvalue weighted by molar-refractivity contribution is 9.10. The van der Waals surface area contributed by atoms with Gasteiger partial charge in [-0.2, -0.15) is 0 Å². The molecule has 0 radical (unpaired) electrons. The number of sulfonamides is 1. The monoisotopic (exact) mass is 363 g/mol. The van der Waals surface area contributed by atoms with E-state index in [1.807, 2.05) is 20.8 Å². The van der Waals surface area contributed by atoms with Crippen LogP contribution in [-0.2, 0) is 14.8 Å². The van der Waals surface area contributed by atoms with Crippen molar-refractivity contribution in [1.29, 1.82) is 0 Å². The van der Waals surface area contributed by atoms with E-state index in [0.29, 0.717) is 10.2 Å². The minimum absolute atomic E-state index is 0.0183. The van der Waals surface area contributed by atoms with Crippen LogP contribution in [0.3, 0.4) is 0 Å². The predicted molar refractivity (Wildman–Crippen MR) is 81.9 cm³/mol. The maximum absolute atomic E-state index is 11.8. The first kappa shape index (κ1) is 17.1. The summed E-state index contributed by atoms with van der Waals surface area (Å²) in [5, 5.41) is 10.8. The molecule has 1 rings (SSSR count). The van der Waals surface area contributed by atoms with Crippen LogP contribution in [0.5, 0.6) is 0 Å². The Morgan fingerprint density at radius 3 is 2.40 bits per heavy atom. The van der Waals surface area contributed by atoms with Gasteiger partial charge in [0.1, 0.15) is 0 Å². The molecule has 0 aliphatic heterocycles. The van der Waals surface area contributed by atoms with Gasteiger partial charge in [-0.1, -0.05) is 0 Å².